The molecule has 0 aromatic carbocycles. The predicted molar refractivity (Wildman–Crippen MR) is 34.6 cm³/mol. The monoisotopic (exact) mass is 106 g/mol. The van der Waals surface area contributed by atoms with Crippen molar-refractivity contribution >= 4 is 0 Å². The highest BCUT2D eigenvalue weighted by Gasteiger charge is 2.50. The van der Waals surface area contributed by atoms with Crippen molar-refractivity contribution in [2.24, 2.45) is 5.92 Å². The van der Waals surface area contributed by atoms with E-state index in [-0.39, 0.29) is 0 Å². The van der Waals surface area contributed by atoms with Crippen LogP contribution < -0.4 is 0 Å². The van der Waals surface area contributed by atoms with Gasteiger partial charge in [-0.25, -0.2) is 0 Å². The lowest BCUT2D eigenvalue weighted by molar-refractivity contribution is 1.11. The maximum absolute atomic E-state index is 2.20. The standard InChI is InChI=1S/C8H10/c1-3-5(2)8-6-4-7(6)8/h3,6H,4H2,1-2H3. The van der Waals surface area contributed by atoms with Crippen molar-refractivity contribution in [1.82, 2.24) is 0 Å². The molecule has 1 fully saturated rings. The van der Waals surface area contributed by atoms with Gasteiger partial charge in [0.2, 0.25) is 0 Å². The lowest BCUT2D eigenvalue weighted by Crippen LogP contribution is -1.74. The van der Waals surface area contributed by atoms with Crippen LogP contribution in [0, 0.1) is 5.92 Å². The van der Waals surface area contributed by atoms with Gasteiger partial charge in [0.1, 0.15) is 0 Å². The van der Waals surface area contributed by atoms with Crippen LogP contribution in [0.5, 0.6) is 0 Å². The van der Waals surface area contributed by atoms with Crippen LogP contribution in [-0.4, -0.2) is 0 Å². The predicted octanol–water partition coefficient (Wildman–Crippen LogP) is 2.28. The summed E-state index contributed by atoms with van der Waals surface area (Å²) < 4.78 is 0. The summed E-state index contributed by atoms with van der Waals surface area (Å²) >= 11 is 0. The van der Waals surface area contributed by atoms with E-state index in [9.17, 15) is 0 Å². The minimum absolute atomic E-state index is 0.978. The Labute approximate surface area is 49.9 Å². The summed E-state index contributed by atoms with van der Waals surface area (Å²) in [5.74, 6) is 0.978. The molecule has 1 unspecified atom stereocenters. The fraction of sp³-hybridized carbons (Fsp3) is 0.500. The van der Waals surface area contributed by atoms with Gasteiger partial charge < -0.3 is 0 Å². The summed E-state index contributed by atoms with van der Waals surface area (Å²) in [6.45, 7) is 4.31. The number of hydrogen-bond acceptors (Lipinski definition) is 0. The molecule has 42 valence electrons. The second-order valence-electron chi connectivity index (χ2n) is 2.67. The van der Waals surface area contributed by atoms with Crippen LogP contribution >= 0.6 is 0 Å². The van der Waals surface area contributed by atoms with E-state index < -0.39 is 0 Å². The Kier molecular flexibility index (Phi) is 0.585. The van der Waals surface area contributed by atoms with E-state index in [1.165, 1.54) is 12.0 Å². The molecule has 0 saturated heterocycles. The molecule has 0 aromatic rings. The molecule has 0 heterocycles. The highest BCUT2D eigenvalue weighted by Crippen LogP contribution is 2.64. The van der Waals surface area contributed by atoms with E-state index in [1.807, 2.05) is 0 Å². The first-order chi connectivity index (χ1) is 3.84. The van der Waals surface area contributed by atoms with E-state index in [2.05, 4.69) is 19.9 Å². The Hall–Kier alpha value is -0.520. The van der Waals surface area contributed by atoms with Crippen LogP contribution in [0.2, 0.25) is 0 Å². The zero-order valence-corrected chi connectivity index (χ0v) is 5.36. The number of allylic oxidation sites excluding steroid dienone is 4. The van der Waals surface area contributed by atoms with E-state index in [0.29, 0.717) is 0 Å². The number of hydrogen-bond donors (Lipinski definition) is 0. The maximum atomic E-state index is 2.20. The first-order valence-electron chi connectivity index (χ1n) is 3.21. The molecular weight excluding hydrogens is 96.1 g/mol. The molecule has 0 spiro atoms. The van der Waals surface area contributed by atoms with Gasteiger partial charge in [-0.2, -0.15) is 0 Å². The van der Waals surface area contributed by atoms with Crippen LogP contribution in [0.15, 0.2) is 22.8 Å². The molecule has 2 rings (SSSR count). The van der Waals surface area contributed by atoms with Gasteiger partial charge in [0.25, 0.3) is 0 Å². The molecule has 0 radical (unpaired) electrons. The zero-order valence-electron chi connectivity index (χ0n) is 5.36. The second kappa shape index (κ2) is 1.07. The summed E-state index contributed by atoms with van der Waals surface area (Å²) in [5, 5.41) is 0. The molecule has 0 heteroatoms. The molecule has 0 aromatic heterocycles. The summed E-state index contributed by atoms with van der Waals surface area (Å²) in [4.78, 5) is 0. The molecule has 2 aliphatic carbocycles. The summed E-state index contributed by atoms with van der Waals surface area (Å²) in [5.41, 5.74) is 4.92. The van der Waals surface area contributed by atoms with Gasteiger partial charge in [-0.15, -0.1) is 0 Å². The normalized spacial score (nSPS) is 32.8. The third-order valence-electron chi connectivity index (χ3n) is 2.15. The highest BCUT2D eigenvalue weighted by molar-refractivity contribution is 5.64. The van der Waals surface area contributed by atoms with Crippen molar-refractivity contribution < 1.29 is 0 Å². The van der Waals surface area contributed by atoms with Gasteiger partial charge >= 0.3 is 0 Å². The maximum Gasteiger partial charge on any atom is 0.00945 e. The van der Waals surface area contributed by atoms with Crippen molar-refractivity contribution in [3.05, 3.63) is 22.8 Å². The molecule has 2 aliphatic rings. The third kappa shape index (κ3) is 0.360. The van der Waals surface area contributed by atoms with Crippen LogP contribution in [0.1, 0.15) is 20.3 Å². The molecule has 0 N–H and O–H groups in total. The second-order valence-corrected chi connectivity index (χ2v) is 2.67. The molecule has 1 atom stereocenters. The zero-order chi connectivity index (χ0) is 5.72. The Balaban J connectivity index is 2.20. The summed E-state index contributed by atoms with van der Waals surface area (Å²) in [7, 11) is 0. The Morgan fingerprint density at radius 1 is 1.75 bits per heavy atom. The minimum Gasteiger partial charge on any atom is -0.0844 e. The van der Waals surface area contributed by atoms with Crippen LogP contribution in [0.4, 0.5) is 0 Å². The fourth-order valence-electron chi connectivity index (χ4n) is 1.25. The van der Waals surface area contributed by atoms with E-state index in [4.69, 9.17) is 0 Å². The average Bonchev–Trinajstić information content (AvgIpc) is 2.47. The van der Waals surface area contributed by atoms with Crippen molar-refractivity contribution in [2.75, 3.05) is 0 Å². The van der Waals surface area contributed by atoms with Crippen molar-refractivity contribution in [2.45, 2.75) is 20.3 Å². The Morgan fingerprint density at radius 3 is 2.50 bits per heavy atom. The van der Waals surface area contributed by atoms with Crippen molar-refractivity contribution in [3.8, 4) is 0 Å². The summed E-state index contributed by atoms with van der Waals surface area (Å²) in [6, 6.07) is 0. The SMILES string of the molecule is CC=C(C)C1=C2CC21. The van der Waals surface area contributed by atoms with Crippen molar-refractivity contribution in [1.29, 1.82) is 0 Å². The third-order valence-corrected chi connectivity index (χ3v) is 2.15. The molecule has 0 aliphatic heterocycles. The number of fused-ring (bicyclic) bond motifs is 1. The van der Waals surface area contributed by atoms with Gasteiger partial charge in [0.15, 0.2) is 0 Å². The lowest BCUT2D eigenvalue weighted by Gasteiger charge is -1.92. The van der Waals surface area contributed by atoms with E-state index in [1.54, 1.807) is 11.1 Å². The van der Waals surface area contributed by atoms with Crippen LogP contribution in [0.25, 0.3) is 0 Å². The van der Waals surface area contributed by atoms with Gasteiger partial charge in [-0.05, 0) is 25.8 Å². The fourth-order valence-corrected chi connectivity index (χ4v) is 1.25. The molecule has 8 heavy (non-hydrogen) atoms. The largest absolute Gasteiger partial charge is 0.0844 e. The minimum atomic E-state index is 0.978. The first kappa shape index (κ1) is 4.37. The lowest BCUT2D eigenvalue weighted by atomic mass is 10.1. The summed E-state index contributed by atoms with van der Waals surface area (Å²) in [6.07, 6.45) is 3.62. The Bertz CT molecular complexity index is 194. The average molecular weight is 106 g/mol. The molecule has 0 nitrogen and oxygen atoms in total. The Morgan fingerprint density at radius 2 is 2.38 bits per heavy atom. The quantitative estimate of drug-likeness (QED) is 0.481. The highest BCUT2D eigenvalue weighted by atomic mass is 14.5. The smallest absolute Gasteiger partial charge is 0.00945 e. The topological polar surface area (TPSA) is 0 Å². The first-order valence-corrected chi connectivity index (χ1v) is 3.21. The molecule has 0 amide bonds. The van der Waals surface area contributed by atoms with E-state index in [0.717, 1.165) is 5.92 Å². The van der Waals surface area contributed by atoms with Crippen molar-refractivity contribution in [3.63, 3.8) is 0 Å². The van der Waals surface area contributed by atoms with Gasteiger partial charge in [-0.1, -0.05) is 17.2 Å². The van der Waals surface area contributed by atoms with Gasteiger partial charge in [0.05, 0.1) is 0 Å². The van der Waals surface area contributed by atoms with Gasteiger partial charge in [0, 0.05) is 5.92 Å². The molecule has 1 saturated carbocycles. The van der Waals surface area contributed by atoms with Gasteiger partial charge in [-0.3, -0.25) is 0 Å². The number of rotatable bonds is 1. The van der Waals surface area contributed by atoms with Crippen LogP contribution in [-0.2, 0) is 0 Å². The van der Waals surface area contributed by atoms with Crippen LogP contribution in [0.3, 0.4) is 0 Å². The van der Waals surface area contributed by atoms with E-state index >= 15 is 0 Å². The molecule has 0 bridgehead atoms. The molecular formula is C8H10.